The molecule has 4 nitrogen and oxygen atoms in total. The molecule has 1 aliphatic carbocycles. The second-order valence-corrected chi connectivity index (χ2v) is 6.41. The fourth-order valence-electron chi connectivity index (χ4n) is 1.67. The van der Waals surface area contributed by atoms with Crippen molar-refractivity contribution in [1.82, 2.24) is 9.78 Å². The van der Waals surface area contributed by atoms with Crippen LogP contribution in [0, 0.1) is 0 Å². The molecule has 0 unspecified atom stereocenters. The molecule has 0 amide bonds. The molecule has 6 heteroatoms. The highest BCUT2D eigenvalue weighted by Crippen LogP contribution is 2.41. The summed E-state index contributed by atoms with van der Waals surface area (Å²) in [6, 6.07) is 0. The van der Waals surface area contributed by atoms with Crippen molar-refractivity contribution in [2.75, 3.05) is 0 Å². The average molecular weight is 235 g/mol. The topological polar surface area (TPSA) is 52.0 Å². The smallest absolute Gasteiger partial charge is 0.236 e. The van der Waals surface area contributed by atoms with Gasteiger partial charge in [-0.3, -0.25) is 4.68 Å². The third-order valence-electron chi connectivity index (χ3n) is 2.36. The lowest BCUT2D eigenvalue weighted by Crippen LogP contribution is -2.01. The zero-order chi connectivity index (χ0) is 10.3. The number of hydrogen-bond donors (Lipinski definition) is 0. The van der Waals surface area contributed by atoms with E-state index in [1.807, 2.05) is 7.05 Å². The lowest BCUT2D eigenvalue weighted by Gasteiger charge is -2.02. The molecule has 78 valence electrons. The zero-order valence-electron chi connectivity index (χ0n) is 7.77. The van der Waals surface area contributed by atoms with Crippen molar-refractivity contribution in [2.45, 2.75) is 24.5 Å². The summed E-state index contributed by atoms with van der Waals surface area (Å²) in [5, 5.41) is 4.06. The molecule has 1 aliphatic rings. The molecule has 1 aromatic heterocycles. The van der Waals surface area contributed by atoms with Crippen LogP contribution in [-0.2, 0) is 21.9 Å². The van der Waals surface area contributed by atoms with Crippen LogP contribution in [0.5, 0.6) is 0 Å². The summed E-state index contributed by atoms with van der Waals surface area (Å²) in [4.78, 5) is 0. The monoisotopic (exact) mass is 234 g/mol. The molecule has 0 N–H and O–H groups in total. The van der Waals surface area contributed by atoms with E-state index < -0.39 is 9.05 Å². The zero-order valence-corrected chi connectivity index (χ0v) is 9.35. The number of hydrogen-bond acceptors (Lipinski definition) is 3. The first-order valence-electron chi connectivity index (χ1n) is 4.40. The standard InChI is InChI=1S/C8H11ClN2O2S/c1-11-8(6-2-3-6)7(4-10-11)5-14(9,12)13/h4,6H,2-3,5H2,1H3. The Kier molecular flexibility index (Phi) is 2.31. The lowest BCUT2D eigenvalue weighted by atomic mass is 10.2. The van der Waals surface area contributed by atoms with Gasteiger partial charge in [-0.25, -0.2) is 8.42 Å². The second kappa shape index (κ2) is 3.24. The first-order chi connectivity index (χ1) is 6.47. The van der Waals surface area contributed by atoms with Gasteiger partial charge in [0.25, 0.3) is 0 Å². The number of rotatable bonds is 3. The summed E-state index contributed by atoms with van der Waals surface area (Å²) < 4.78 is 23.6. The van der Waals surface area contributed by atoms with E-state index >= 15 is 0 Å². The van der Waals surface area contributed by atoms with E-state index in [4.69, 9.17) is 10.7 Å². The summed E-state index contributed by atoms with van der Waals surface area (Å²) in [5.74, 6) is 0.365. The highest BCUT2D eigenvalue weighted by Gasteiger charge is 2.30. The Balaban J connectivity index is 2.33. The van der Waals surface area contributed by atoms with Gasteiger partial charge >= 0.3 is 0 Å². The molecule has 0 aliphatic heterocycles. The van der Waals surface area contributed by atoms with Crippen molar-refractivity contribution in [1.29, 1.82) is 0 Å². The van der Waals surface area contributed by atoms with Gasteiger partial charge in [0, 0.05) is 34.9 Å². The summed E-state index contributed by atoms with van der Waals surface area (Å²) >= 11 is 0. The molecule has 0 radical (unpaired) electrons. The minimum Gasteiger partial charge on any atom is -0.272 e. The molecular formula is C8H11ClN2O2S. The van der Waals surface area contributed by atoms with E-state index in [1.54, 1.807) is 10.9 Å². The minimum absolute atomic E-state index is 0.117. The van der Waals surface area contributed by atoms with E-state index in [1.165, 1.54) is 0 Å². The van der Waals surface area contributed by atoms with Gasteiger partial charge in [-0.15, -0.1) is 0 Å². The Hall–Kier alpha value is -0.550. The van der Waals surface area contributed by atoms with Gasteiger partial charge in [-0.2, -0.15) is 5.10 Å². The van der Waals surface area contributed by atoms with Gasteiger partial charge in [0.1, 0.15) is 0 Å². The van der Waals surface area contributed by atoms with Crippen LogP contribution in [0.3, 0.4) is 0 Å². The fraction of sp³-hybridized carbons (Fsp3) is 0.625. The quantitative estimate of drug-likeness (QED) is 0.743. The molecule has 0 aromatic carbocycles. The summed E-state index contributed by atoms with van der Waals surface area (Å²) in [6.45, 7) is 0. The van der Waals surface area contributed by atoms with E-state index in [-0.39, 0.29) is 5.75 Å². The molecule has 1 saturated carbocycles. The largest absolute Gasteiger partial charge is 0.272 e. The van der Waals surface area contributed by atoms with E-state index in [2.05, 4.69) is 5.10 Å². The number of aromatic nitrogens is 2. The third kappa shape index (κ3) is 2.09. The molecule has 14 heavy (non-hydrogen) atoms. The third-order valence-corrected chi connectivity index (χ3v) is 3.34. The Bertz CT molecular complexity index is 448. The van der Waals surface area contributed by atoms with Gasteiger partial charge in [0.15, 0.2) is 0 Å². The van der Waals surface area contributed by atoms with Crippen molar-refractivity contribution in [2.24, 2.45) is 7.05 Å². The van der Waals surface area contributed by atoms with Crippen LogP contribution >= 0.6 is 10.7 Å². The van der Waals surface area contributed by atoms with Gasteiger partial charge < -0.3 is 0 Å². The number of aryl methyl sites for hydroxylation is 1. The second-order valence-electron chi connectivity index (χ2n) is 3.64. The first kappa shape index (κ1) is 9.98. The molecule has 0 spiro atoms. The van der Waals surface area contributed by atoms with Crippen LogP contribution < -0.4 is 0 Å². The number of halogens is 1. The summed E-state index contributed by atoms with van der Waals surface area (Å²) in [6.07, 6.45) is 3.83. The molecule has 1 aromatic rings. The summed E-state index contributed by atoms with van der Waals surface area (Å²) in [7, 11) is 3.57. The molecular weight excluding hydrogens is 224 g/mol. The first-order valence-corrected chi connectivity index (χ1v) is 6.88. The van der Waals surface area contributed by atoms with Crippen LogP contribution in [0.2, 0.25) is 0 Å². The van der Waals surface area contributed by atoms with Crippen molar-refractivity contribution >= 4 is 19.7 Å². The van der Waals surface area contributed by atoms with Crippen molar-refractivity contribution in [3.05, 3.63) is 17.5 Å². The average Bonchev–Trinajstić information content (AvgIpc) is 2.77. The number of nitrogens with zero attached hydrogens (tertiary/aromatic N) is 2. The molecule has 0 atom stereocenters. The van der Waals surface area contributed by atoms with Crippen LogP contribution in [0.15, 0.2) is 6.20 Å². The van der Waals surface area contributed by atoms with Crippen molar-refractivity contribution < 1.29 is 8.42 Å². The van der Waals surface area contributed by atoms with Crippen molar-refractivity contribution in [3.63, 3.8) is 0 Å². The van der Waals surface area contributed by atoms with E-state index in [9.17, 15) is 8.42 Å². The minimum atomic E-state index is -3.47. The van der Waals surface area contributed by atoms with Crippen LogP contribution in [0.4, 0.5) is 0 Å². The van der Waals surface area contributed by atoms with Crippen LogP contribution in [0.1, 0.15) is 30.0 Å². The maximum atomic E-state index is 10.9. The van der Waals surface area contributed by atoms with Gasteiger partial charge in [0.05, 0.1) is 11.9 Å². The molecule has 1 heterocycles. The Morgan fingerprint density at radius 1 is 1.64 bits per heavy atom. The van der Waals surface area contributed by atoms with Crippen LogP contribution in [0.25, 0.3) is 0 Å². The maximum Gasteiger partial charge on any atom is 0.236 e. The molecule has 2 rings (SSSR count). The van der Waals surface area contributed by atoms with Gasteiger partial charge in [0.2, 0.25) is 9.05 Å². The Morgan fingerprint density at radius 3 is 2.79 bits per heavy atom. The molecule has 0 bridgehead atoms. The van der Waals surface area contributed by atoms with Crippen molar-refractivity contribution in [3.8, 4) is 0 Å². The predicted molar refractivity (Wildman–Crippen MR) is 53.7 cm³/mol. The SMILES string of the molecule is Cn1ncc(CS(=O)(=O)Cl)c1C1CC1. The molecule has 1 fully saturated rings. The Labute approximate surface area is 87.3 Å². The fourth-order valence-corrected chi connectivity index (χ4v) is 2.62. The van der Waals surface area contributed by atoms with E-state index in [0.29, 0.717) is 5.92 Å². The molecule has 0 saturated heterocycles. The highest BCUT2D eigenvalue weighted by molar-refractivity contribution is 8.13. The van der Waals surface area contributed by atoms with Gasteiger partial charge in [-0.05, 0) is 12.8 Å². The Morgan fingerprint density at radius 2 is 2.29 bits per heavy atom. The highest BCUT2D eigenvalue weighted by atomic mass is 35.7. The van der Waals surface area contributed by atoms with E-state index in [0.717, 1.165) is 24.1 Å². The summed E-state index contributed by atoms with van der Waals surface area (Å²) in [5.41, 5.74) is 1.76. The predicted octanol–water partition coefficient (Wildman–Crippen LogP) is 1.37. The van der Waals surface area contributed by atoms with Crippen LogP contribution in [-0.4, -0.2) is 18.2 Å². The van der Waals surface area contributed by atoms with Gasteiger partial charge in [-0.1, -0.05) is 0 Å². The maximum absolute atomic E-state index is 10.9. The normalized spacial score (nSPS) is 17.3. The lowest BCUT2D eigenvalue weighted by molar-refractivity contribution is 0.608.